The van der Waals surface area contributed by atoms with E-state index in [2.05, 4.69) is 19.9 Å². The molecule has 9 nitrogen and oxygen atoms in total. The Morgan fingerprint density at radius 2 is 2.25 bits per heavy atom. The van der Waals surface area contributed by atoms with Crippen LogP contribution in [0.4, 0.5) is 5.69 Å². The van der Waals surface area contributed by atoms with Crippen molar-refractivity contribution in [1.82, 2.24) is 24.5 Å². The summed E-state index contributed by atoms with van der Waals surface area (Å²) in [4.78, 5) is 10.3. The highest BCUT2D eigenvalue weighted by atomic mass is 32.2. The highest BCUT2D eigenvalue weighted by Crippen LogP contribution is 2.40. The Morgan fingerprint density at radius 1 is 1.38 bits per heavy atom. The smallest absolute Gasteiger partial charge is 0.307 e. The Hall–Kier alpha value is -1.94. The van der Waals surface area contributed by atoms with Crippen LogP contribution < -0.4 is 0 Å². The molecule has 2 aromatic heterocycles. The number of aromatic nitrogens is 5. The normalized spacial score (nSPS) is 20.6. The van der Waals surface area contributed by atoms with Gasteiger partial charge in [0.25, 0.3) is 0 Å². The van der Waals surface area contributed by atoms with Gasteiger partial charge in [0.2, 0.25) is 0 Å². The molecule has 2 aromatic rings. The van der Waals surface area contributed by atoms with Gasteiger partial charge in [0, 0.05) is 12.5 Å². The van der Waals surface area contributed by atoms with Gasteiger partial charge in [0.1, 0.15) is 18.2 Å². The first-order valence-electron chi connectivity index (χ1n) is 8.05. The number of ether oxygens (including phenoxy) is 1. The van der Waals surface area contributed by atoms with Crippen molar-refractivity contribution in [3.8, 4) is 0 Å². The van der Waals surface area contributed by atoms with Crippen LogP contribution in [-0.4, -0.2) is 42.2 Å². The third-order valence-electron chi connectivity index (χ3n) is 4.25. The monoisotopic (exact) mass is 350 g/mol. The van der Waals surface area contributed by atoms with Gasteiger partial charge in [0.05, 0.1) is 23.4 Å². The predicted molar refractivity (Wildman–Crippen MR) is 85.7 cm³/mol. The predicted octanol–water partition coefficient (Wildman–Crippen LogP) is 2.19. The van der Waals surface area contributed by atoms with Gasteiger partial charge in [-0.2, -0.15) is 5.10 Å². The molecule has 0 radical (unpaired) electrons. The largest absolute Gasteiger partial charge is 0.376 e. The van der Waals surface area contributed by atoms with E-state index in [-0.39, 0.29) is 11.8 Å². The molecule has 1 aliphatic heterocycles. The summed E-state index contributed by atoms with van der Waals surface area (Å²) in [5.41, 5.74) is -0.00454. The molecule has 1 unspecified atom stereocenters. The lowest BCUT2D eigenvalue weighted by atomic mass is 10.2. The van der Waals surface area contributed by atoms with E-state index in [0.717, 1.165) is 37.0 Å². The molecular formula is C14H18N6O3S. The van der Waals surface area contributed by atoms with Gasteiger partial charge in [0.15, 0.2) is 5.16 Å². The molecular weight excluding hydrogens is 332 g/mol. The molecule has 3 heterocycles. The number of nitro groups is 1. The zero-order valence-corrected chi connectivity index (χ0v) is 13.9. The van der Waals surface area contributed by atoms with Crippen LogP contribution in [0.2, 0.25) is 0 Å². The summed E-state index contributed by atoms with van der Waals surface area (Å²) in [7, 11) is 0. The molecule has 0 spiro atoms. The quantitative estimate of drug-likeness (QED) is 0.428. The number of rotatable bonds is 7. The van der Waals surface area contributed by atoms with E-state index in [0.29, 0.717) is 11.8 Å². The van der Waals surface area contributed by atoms with Crippen molar-refractivity contribution >= 4 is 17.4 Å². The second kappa shape index (κ2) is 6.52. The molecule has 0 amide bonds. The van der Waals surface area contributed by atoms with Crippen molar-refractivity contribution in [1.29, 1.82) is 0 Å². The van der Waals surface area contributed by atoms with Crippen molar-refractivity contribution in [3.63, 3.8) is 0 Å². The lowest BCUT2D eigenvalue weighted by Gasteiger charge is -2.14. The lowest BCUT2D eigenvalue weighted by molar-refractivity contribution is -0.385. The topological polar surface area (TPSA) is 101 Å². The van der Waals surface area contributed by atoms with Gasteiger partial charge in [-0.05, 0) is 25.7 Å². The van der Waals surface area contributed by atoms with Gasteiger partial charge in [-0.3, -0.25) is 14.8 Å². The molecule has 0 aromatic carbocycles. The van der Waals surface area contributed by atoms with Crippen LogP contribution in [0.15, 0.2) is 17.6 Å². The number of nitrogens with zero attached hydrogens (tertiary/aromatic N) is 6. The Bertz CT molecular complexity index is 735. The third kappa shape index (κ3) is 3.29. The standard InChI is InChI=1S/C14H18N6O3S/c21-20(22)11-6-15-18(7-11)9-24-14-17-16-13(10-3-4-10)19(14)8-12-2-1-5-23-12/h6-7,10,12H,1-5,8-9H2. The third-order valence-corrected chi connectivity index (χ3v) is 5.21. The summed E-state index contributed by atoms with van der Waals surface area (Å²) >= 11 is 1.49. The number of hydrogen-bond acceptors (Lipinski definition) is 7. The fraction of sp³-hybridized carbons (Fsp3) is 0.643. The van der Waals surface area contributed by atoms with Crippen LogP contribution in [0.5, 0.6) is 0 Å². The van der Waals surface area contributed by atoms with E-state index in [1.807, 2.05) is 0 Å². The fourth-order valence-electron chi connectivity index (χ4n) is 2.86. The first-order valence-corrected chi connectivity index (χ1v) is 9.03. The Balaban J connectivity index is 1.48. The van der Waals surface area contributed by atoms with E-state index < -0.39 is 4.92 Å². The molecule has 0 bridgehead atoms. The fourth-order valence-corrected chi connectivity index (χ4v) is 3.67. The first-order chi connectivity index (χ1) is 11.7. The van der Waals surface area contributed by atoms with E-state index >= 15 is 0 Å². The first kappa shape index (κ1) is 15.6. The summed E-state index contributed by atoms with van der Waals surface area (Å²) < 4.78 is 9.46. The maximum Gasteiger partial charge on any atom is 0.307 e. The van der Waals surface area contributed by atoms with Crippen LogP contribution in [0.3, 0.4) is 0 Å². The van der Waals surface area contributed by atoms with Crippen LogP contribution in [0.25, 0.3) is 0 Å². The highest BCUT2D eigenvalue weighted by Gasteiger charge is 2.31. The zero-order chi connectivity index (χ0) is 16.5. The zero-order valence-electron chi connectivity index (χ0n) is 13.1. The minimum Gasteiger partial charge on any atom is -0.376 e. The lowest BCUT2D eigenvalue weighted by Crippen LogP contribution is -2.17. The molecule has 0 N–H and O–H groups in total. The molecule has 2 fully saturated rings. The molecule has 24 heavy (non-hydrogen) atoms. The summed E-state index contributed by atoms with van der Waals surface area (Å²) in [6, 6.07) is 0. The number of thioether (sulfide) groups is 1. The molecule has 2 aliphatic rings. The Kier molecular flexibility index (Phi) is 4.23. The van der Waals surface area contributed by atoms with Gasteiger partial charge in [-0.15, -0.1) is 10.2 Å². The van der Waals surface area contributed by atoms with Crippen molar-refractivity contribution in [2.45, 2.75) is 55.3 Å². The van der Waals surface area contributed by atoms with Gasteiger partial charge in [-0.1, -0.05) is 11.8 Å². The minimum absolute atomic E-state index is 0.00454. The molecule has 10 heteroatoms. The van der Waals surface area contributed by atoms with E-state index in [1.54, 1.807) is 4.68 Å². The van der Waals surface area contributed by atoms with Crippen molar-refractivity contribution in [2.24, 2.45) is 0 Å². The Labute approximate surface area is 142 Å². The maximum atomic E-state index is 10.7. The van der Waals surface area contributed by atoms with E-state index in [4.69, 9.17) is 4.74 Å². The van der Waals surface area contributed by atoms with Gasteiger partial charge >= 0.3 is 5.69 Å². The molecule has 4 rings (SSSR count). The van der Waals surface area contributed by atoms with Crippen LogP contribution in [-0.2, 0) is 17.2 Å². The summed E-state index contributed by atoms with van der Waals surface area (Å²) in [5.74, 6) is 2.01. The van der Waals surface area contributed by atoms with Gasteiger partial charge in [-0.25, -0.2) is 0 Å². The van der Waals surface area contributed by atoms with Crippen molar-refractivity contribution in [3.05, 3.63) is 28.3 Å². The Morgan fingerprint density at radius 3 is 2.92 bits per heavy atom. The second-order valence-electron chi connectivity index (χ2n) is 6.13. The van der Waals surface area contributed by atoms with E-state index in [9.17, 15) is 10.1 Å². The van der Waals surface area contributed by atoms with E-state index in [1.165, 1.54) is 37.0 Å². The van der Waals surface area contributed by atoms with Crippen molar-refractivity contribution < 1.29 is 9.66 Å². The summed E-state index contributed by atoms with van der Waals surface area (Å²) in [5, 5.41) is 24.2. The number of hydrogen-bond donors (Lipinski definition) is 0. The molecule has 128 valence electrons. The second-order valence-corrected chi connectivity index (χ2v) is 7.04. The maximum absolute atomic E-state index is 10.7. The minimum atomic E-state index is -0.445. The molecule has 1 atom stereocenters. The van der Waals surface area contributed by atoms with Gasteiger partial charge < -0.3 is 9.30 Å². The molecule has 1 saturated carbocycles. The highest BCUT2D eigenvalue weighted by molar-refractivity contribution is 7.98. The summed E-state index contributed by atoms with van der Waals surface area (Å²) in [6.07, 6.45) is 7.41. The van der Waals surface area contributed by atoms with Crippen LogP contribution in [0, 0.1) is 10.1 Å². The molecule has 1 aliphatic carbocycles. The van der Waals surface area contributed by atoms with Crippen LogP contribution >= 0.6 is 11.8 Å². The summed E-state index contributed by atoms with van der Waals surface area (Å²) in [6.45, 7) is 1.60. The molecule has 1 saturated heterocycles. The average molecular weight is 350 g/mol. The SMILES string of the molecule is O=[N+]([O-])c1cnn(CSc2nnc(C3CC3)n2CC2CCCO2)c1. The van der Waals surface area contributed by atoms with Crippen LogP contribution in [0.1, 0.15) is 37.4 Å². The van der Waals surface area contributed by atoms with Crippen molar-refractivity contribution in [2.75, 3.05) is 6.61 Å². The average Bonchev–Trinajstić information content (AvgIpc) is 3.00.